The molecule has 1 amide bonds. The lowest BCUT2D eigenvalue weighted by molar-refractivity contribution is -0.128. The van der Waals surface area contributed by atoms with Crippen molar-refractivity contribution in [2.75, 3.05) is 19.7 Å². The molecule has 0 saturated carbocycles. The topological polar surface area (TPSA) is 50.4 Å². The van der Waals surface area contributed by atoms with Crippen molar-refractivity contribution in [2.45, 2.75) is 19.1 Å². The molecule has 0 bridgehead atoms. The molecule has 0 unspecified atom stereocenters. The van der Waals surface area contributed by atoms with Gasteiger partial charge in [0.05, 0.1) is 19.3 Å². The highest BCUT2D eigenvalue weighted by Gasteiger charge is 2.27. The van der Waals surface area contributed by atoms with E-state index in [0.717, 1.165) is 0 Å². The first-order valence-corrected chi connectivity index (χ1v) is 4.95. The minimum absolute atomic E-state index is 0. The Bertz CT molecular complexity index is 236. The third-order valence-electron chi connectivity index (χ3n) is 2.05. The van der Waals surface area contributed by atoms with E-state index < -0.39 is 0 Å². The van der Waals surface area contributed by atoms with Gasteiger partial charge < -0.3 is 15.4 Å². The first-order chi connectivity index (χ1) is 6.61. The summed E-state index contributed by atoms with van der Waals surface area (Å²) in [7, 11) is 0. The van der Waals surface area contributed by atoms with Crippen LogP contribution in [0.15, 0.2) is 11.6 Å². The molecule has 0 aromatic carbocycles. The highest BCUT2D eigenvalue weighted by atomic mass is 35.5. The Morgan fingerprint density at radius 3 is 2.93 bits per heavy atom. The summed E-state index contributed by atoms with van der Waals surface area (Å²) >= 11 is 5.54. The van der Waals surface area contributed by atoms with Crippen molar-refractivity contribution in [1.29, 1.82) is 0 Å². The fraction of sp³-hybridized carbons (Fsp3) is 0.667. The number of amides is 1. The van der Waals surface area contributed by atoms with Gasteiger partial charge in [0.1, 0.15) is 6.04 Å². The molecule has 0 aromatic rings. The highest BCUT2D eigenvalue weighted by molar-refractivity contribution is 6.29. The predicted octanol–water partition coefficient (Wildman–Crippen LogP) is 0.654. The van der Waals surface area contributed by atoms with Crippen LogP contribution in [0.25, 0.3) is 0 Å². The third-order valence-corrected chi connectivity index (χ3v) is 2.19. The molecule has 0 aliphatic carbocycles. The van der Waals surface area contributed by atoms with Gasteiger partial charge in [-0.2, -0.15) is 0 Å². The second kappa shape index (κ2) is 7.06. The Morgan fingerprint density at radius 1 is 1.73 bits per heavy atom. The Hall–Kier alpha value is -0.290. The Labute approximate surface area is 101 Å². The van der Waals surface area contributed by atoms with Crippen LogP contribution in [0.4, 0.5) is 0 Å². The molecule has 88 valence electrons. The van der Waals surface area contributed by atoms with E-state index in [1.165, 1.54) is 0 Å². The predicted molar refractivity (Wildman–Crippen MR) is 62.5 cm³/mol. The van der Waals surface area contributed by atoms with Gasteiger partial charge >= 0.3 is 0 Å². The first-order valence-electron chi connectivity index (χ1n) is 4.57. The van der Waals surface area contributed by atoms with Crippen molar-refractivity contribution in [3.8, 4) is 0 Å². The lowest BCUT2D eigenvalue weighted by Crippen LogP contribution is -2.55. The fourth-order valence-corrected chi connectivity index (χ4v) is 1.39. The number of carbonyl (C=O) groups excluding carboxylic acids is 1. The van der Waals surface area contributed by atoms with Crippen molar-refractivity contribution >= 4 is 29.9 Å². The molecule has 1 saturated heterocycles. The van der Waals surface area contributed by atoms with E-state index in [4.69, 9.17) is 16.3 Å². The number of morpholine rings is 1. The van der Waals surface area contributed by atoms with Crippen molar-refractivity contribution in [3.63, 3.8) is 0 Å². The van der Waals surface area contributed by atoms with Gasteiger partial charge in [0.2, 0.25) is 5.91 Å². The van der Waals surface area contributed by atoms with Crippen LogP contribution in [-0.4, -0.2) is 37.7 Å². The van der Waals surface area contributed by atoms with Crippen LogP contribution in [0.2, 0.25) is 0 Å². The largest absolute Gasteiger partial charge is 0.375 e. The van der Waals surface area contributed by atoms with Gasteiger partial charge in [-0.05, 0) is 6.92 Å². The second-order valence-corrected chi connectivity index (χ2v) is 3.78. The zero-order valence-corrected chi connectivity index (χ0v) is 10.2. The normalized spacial score (nSPS) is 25.2. The molecule has 2 N–H and O–H groups in total. The average molecular weight is 255 g/mol. The molecule has 0 spiro atoms. The molecule has 2 atom stereocenters. The molecular weight excluding hydrogens is 239 g/mol. The number of rotatable bonds is 3. The monoisotopic (exact) mass is 254 g/mol. The van der Waals surface area contributed by atoms with E-state index in [1.807, 2.05) is 6.92 Å². The number of hydrogen-bond donors (Lipinski definition) is 2. The molecule has 6 heteroatoms. The van der Waals surface area contributed by atoms with Crippen LogP contribution in [0.1, 0.15) is 6.92 Å². The Balaban J connectivity index is 0.00000196. The van der Waals surface area contributed by atoms with Crippen LogP contribution in [0.3, 0.4) is 0 Å². The number of hydrogen-bond acceptors (Lipinski definition) is 3. The van der Waals surface area contributed by atoms with Crippen molar-refractivity contribution in [2.24, 2.45) is 0 Å². The standard InChI is InChI=1S/C9H15ClN2O2.ClH/c1-6(10)5-12-9(13)8-7(2)14-4-3-11-8;/h7-8,11H,1,3-5H2,2H3,(H,12,13);1H/t7-,8+;/m1./s1. The lowest BCUT2D eigenvalue weighted by Gasteiger charge is -2.29. The molecule has 1 heterocycles. The molecule has 1 aliphatic rings. The van der Waals surface area contributed by atoms with Gasteiger partial charge in [0.15, 0.2) is 0 Å². The summed E-state index contributed by atoms with van der Waals surface area (Å²) in [5.74, 6) is -0.0981. The molecule has 1 fully saturated rings. The number of ether oxygens (including phenoxy) is 1. The van der Waals surface area contributed by atoms with E-state index in [-0.39, 0.29) is 30.5 Å². The molecule has 0 aromatic heterocycles. The summed E-state index contributed by atoms with van der Waals surface area (Å²) in [6.07, 6.45) is -0.104. The van der Waals surface area contributed by atoms with Gasteiger partial charge in [0, 0.05) is 11.6 Å². The van der Waals surface area contributed by atoms with Crippen LogP contribution < -0.4 is 10.6 Å². The molecule has 15 heavy (non-hydrogen) atoms. The molecule has 4 nitrogen and oxygen atoms in total. The van der Waals surface area contributed by atoms with E-state index in [1.54, 1.807) is 0 Å². The van der Waals surface area contributed by atoms with Gasteiger partial charge in [-0.25, -0.2) is 0 Å². The average Bonchev–Trinajstić information content (AvgIpc) is 2.15. The van der Waals surface area contributed by atoms with E-state index in [0.29, 0.717) is 24.7 Å². The van der Waals surface area contributed by atoms with E-state index >= 15 is 0 Å². The van der Waals surface area contributed by atoms with E-state index in [2.05, 4.69) is 17.2 Å². The van der Waals surface area contributed by atoms with Crippen LogP contribution in [-0.2, 0) is 9.53 Å². The lowest BCUT2D eigenvalue weighted by atomic mass is 10.1. The Morgan fingerprint density at radius 2 is 2.40 bits per heavy atom. The van der Waals surface area contributed by atoms with Crippen LogP contribution in [0, 0.1) is 0 Å². The molecule has 1 aliphatic heterocycles. The zero-order valence-electron chi connectivity index (χ0n) is 8.59. The molecular formula is C9H16Cl2N2O2. The summed E-state index contributed by atoms with van der Waals surface area (Å²) in [6.45, 7) is 7.00. The number of carbonyl (C=O) groups is 1. The quantitative estimate of drug-likeness (QED) is 0.778. The van der Waals surface area contributed by atoms with Crippen molar-refractivity contribution in [1.82, 2.24) is 10.6 Å². The maximum Gasteiger partial charge on any atom is 0.240 e. The summed E-state index contributed by atoms with van der Waals surface area (Å²) < 4.78 is 5.34. The van der Waals surface area contributed by atoms with Gasteiger partial charge in [-0.3, -0.25) is 4.79 Å². The zero-order chi connectivity index (χ0) is 10.6. The number of halogens is 2. The minimum atomic E-state index is -0.292. The van der Waals surface area contributed by atoms with Crippen molar-refractivity contribution < 1.29 is 9.53 Å². The summed E-state index contributed by atoms with van der Waals surface area (Å²) in [5.41, 5.74) is 0. The smallest absolute Gasteiger partial charge is 0.240 e. The van der Waals surface area contributed by atoms with Crippen LogP contribution >= 0.6 is 24.0 Å². The fourth-order valence-electron chi connectivity index (χ4n) is 1.32. The van der Waals surface area contributed by atoms with Gasteiger partial charge in [0.25, 0.3) is 0 Å². The van der Waals surface area contributed by atoms with E-state index in [9.17, 15) is 4.79 Å². The maximum atomic E-state index is 11.6. The summed E-state index contributed by atoms with van der Waals surface area (Å²) in [6, 6.07) is -0.292. The van der Waals surface area contributed by atoms with Crippen molar-refractivity contribution in [3.05, 3.63) is 11.6 Å². The third kappa shape index (κ3) is 4.84. The molecule has 1 rings (SSSR count). The maximum absolute atomic E-state index is 11.6. The highest BCUT2D eigenvalue weighted by Crippen LogP contribution is 2.04. The summed E-state index contributed by atoms with van der Waals surface area (Å²) in [5, 5.41) is 6.17. The molecule has 0 radical (unpaired) electrons. The first kappa shape index (κ1) is 14.7. The summed E-state index contributed by atoms with van der Waals surface area (Å²) in [4.78, 5) is 11.6. The Kier molecular flexibility index (Phi) is 6.92. The van der Waals surface area contributed by atoms with Gasteiger partial charge in [-0.15, -0.1) is 12.4 Å². The SMILES string of the molecule is C=C(Cl)CNC(=O)[C@H]1NCCO[C@@H]1C.Cl. The van der Waals surface area contributed by atoms with Crippen LogP contribution in [0.5, 0.6) is 0 Å². The minimum Gasteiger partial charge on any atom is -0.375 e. The number of nitrogens with one attached hydrogen (secondary N) is 2. The second-order valence-electron chi connectivity index (χ2n) is 3.24. The van der Waals surface area contributed by atoms with Gasteiger partial charge in [-0.1, -0.05) is 18.2 Å².